The maximum absolute atomic E-state index is 5.29. The summed E-state index contributed by atoms with van der Waals surface area (Å²) < 4.78 is 5.29. The topological polar surface area (TPSA) is 49.8 Å². The molecule has 0 spiro atoms. The summed E-state index contributed by atoms with van der Waals surface area (Å²) >= 11 is 1.85. The molecule has 6 heteroatoms. The number of fused-ring (bicyclic) bond motifs is 2. The number of rotatable bonds is 3. The Kier molecular flexibility index (Phi) is 5.54. The van der Waals surface area contributed by atoms with E-state index in [9.17, 15) is 0 Å². The Bertz CT molecular complexity index is 868. The van der Waals surface area contributed by atoms with Crippen molar-refractivity contribution in [3.05, 3.63) is 45.4 Å². The molecule has 1 fully saturated rings. The van der Waals surface area contributed by atoms with Crippen LogP contribution in [-0.2, 0) is 16.6 Å². The highest BCUT2D eigenvalue weighted by Crippen LogP contribution is 2.36. The molecular formula is C22H30N4OS. The van der Waals surface area contributed by atoms with Crippen molar-refractivity contribution in [3.8, 4) is 0 Å². The molecule has 0 aliphatic carbocycles. The van der Waals surface area contributed by atoms with Crippen LogP contribution in [0.4, 0.5) is 5.69 Å². The first-order chi connectivity index (χ1) is 13.5. The minimum absolute atomic E-state index is 0.0476. The highest BCUT2D eigenvalue weighted by atomic mass is 32.1. The van der Waals surface area contributed by atoms with E-state index in [1.165, 1.54) is 15.4 Å². The Morgan fingerprint density at radius 2 is 2.11 bits per heavy atom. The van der Waals surface area contributed by atoms with Gasteiger partial charge in [-0.3, -0.25) is 0 Å². The molecule has 0 amide bonds. The third kappa shape index (κ3) is 4.00. The second kappa shape index (κ2) is 7.93. The van der Waals surface area contributed by atoms with Gasteiger partial charge in [-0.25, -0.2) is 9.98 Å². The van der Waals surface area contributed by atoms with Crippen LogP contribution in [0.25, 0.3) is 0 Å². The molecule has 5 nitrogen and oxygen atoms in total. The molecule has 4 rings (SSSR count). The van der Waals surface area contributed by atoms with Gasteiger partial charge in [-0.05, 0) is 18.1 Å². The van der Waals surface area contributed by atoms with E-state index in [0.29, 0.717) is 6.04 Å². The molecule has 0 saturated carbocycles. The van der Waals surface area contributed by atoms with Gasteiger partial charge in [-0.1, -0.05) is 39.0 Å². The Morgan fingerprint density at radius 1 is 1.29 bits per heavy atom. The fourth-order valence-corrected chi connectivity index (χ4v) is 4.91. The quantitative estimate of drug-likeness (QED) is 0.856. The van der Waals surface area contributed by atoms with Crippen molar-refractivity contribution >= 4 is 22.9 Å². The van der Waals surface area contributed by atoms with Crippen LogP contribution >= 0.6 is 11.3 Å². The molecular weight excluding hydrogens is 368 g/mol. The Labute approximate surface area is 171 Å². The van der Waals surface area contributed by atoms with E-state index in [1.54, 1.807) is 7.11 Å². The van der Waals surface area contributed by atoms with Gasteiger partial charge in [0.15, 0.2) is 5.84 Å². The average molecular weight is 399 g/mol. The monoisotopic (exact) mass is 398 g/mol. The van der Waals surface area contributed by atoms with Gasteiger partial charge in [-0.2, -0.15) is 0 Å². The van der Waals surface area contributed by atoms with Gasteiger partial charge in [0.1, 0.15) is 5.69 Å². The van der Waals surface area contributed by atoms with Gasteiger partial charge in [0.25, 0.3) is 0 Å². The van der Waals surface area contributed by atoms with Crippen LogP contribution in [0.15, 0.2) is 29.3 Å². The number of amidine groups is 1. The molecule has 1 aromatic heterocycles. The summed E-state index contributed by atoms with van der Waals surface area (Å²) in [6.45, 7) is 10.3. The highest BCUT2D eigenvalue weighted by Gasteiger charge is 2.30. The lowest BCUT2D eigenvalue weighted by molar-refractivity contribution is 0.168. The van der Waals surface area contributed by atoms with Crippen LogP contribution < -0.4 is 5.32 Å². The minimum Gasteiger partial charge on any atom is -0.385 e. The summed E-state index contributed by atoms with van der Waals surface area (Å²) in [7, 11) is 1.77. The number of aromatic nitrogens is 1. The lowest BCUT2D eigenvalue weighted by atomic mass is 9.98. The number of methoxy groups -OCH3 is 1. The molecule has 1 saturated heterocycles. The van der Waals surface area contributed by atoms with Gasteiger partial charge >= 0.3 is 0 Å². The molecule has 2 aromatic rings. The van der Waals surface area contributed by atoms with Gasteiger partial charge in [0, 0.05) is 56.1 Å². The molecule has 1 N–H and O–H groups in total. The molecule has 0 bridgehead atoms. The Hall–Kier alpha value is -1.76. The van der Waals surface area contributed by atoms with E-state index in [1.807, 2.05) is 11.3 Å². The molecule has 28 heavy (non-hydrogen) atoms. The van der Waals surface area contributed by atoms with Crippen LogP contribution in [0, 0.1) is 0 Å². The third-order valence-corrected chi connectivity index (χ3v) is 6.83. The van der Waals surface area contributed by atoms with Crippen LogP contribution in [0.1, 0.15) is 48.3 Å². The highest BCUT2D eigenvalue weighted by molar-refractivity contribution is 7.12. The number of ether oxygens (including phenoxy) is 1. The van der Waals surface area contributed by atoms with Crippen molar-refractivity contribution < 1.29 is 4.74 Å². The van der Waals surface area contributed by atoms with E-state index in [2.05, 4.69) is 55.3 Å². The SMILES string of the molecule is COCC[C@H]1CN(C2=Nc3ccccc3Cc3sc(C(C)(C)C)nc32)CCN1. The van der Waals surface area contributed by atoms with Crippen molar-refractivity contribution in [1.82, 2.24) is 15.2 Å². The van der Waals surface area contributed by atoms with Crippen LogP contribution in [0.3, 0.4) is 0 Å². The number of benzene rings is 1. The van der Waals surface area contributed by atoms with Crippen LogP contribution in [-0.4, -0.2) is 55.1 Å². The molecule has 0 unspecified atom stereocenters. The first kappa shape index (κ1) is 19.6. The molecule has 0 radical (unpaired) electrons. The average Bonchev–Trinajstić information content (AvgIpc) is 3.03. The van der Waals surface area contributed by atoms with Crippen LogP contribution in [0.2, 0.25) is 0 Å². The molecule has 3 heterocycles. The summed E-state index contributed by atoms with van der Waals surface area (Å²) in [5.74, 6) is 1.04. The summed E-state index contributed by atoms with van der Waals surface area (Å²) in [6.07, 6.45) is 1.92. The summed E-state index contributed by atoms with van der Waals surface area (Å²) in [5, 5.41) is 4.81. The number of para-hydroxylation sites is 1. The summed E-state index contributed by atoms with van der Waals surface area (Å²) in [5.41, 5.74) is 3.49. The number of thiazole rings is 1. The van der Waals surface area contributed by atoms with Crippen molar-refractivity contribution in [1.29, 1.82) is 0 Å². The normalized spacial score (nSPS) is 19.6. The zero-order valence-electron chi connectivity index (χ0n) is 17.3. The van der Waals surface area contributed by atoms with Crippen molar-refractivity contribution in [2.24, 2.45) is 4.99 Å². The number of nitrogens with one attached hydrogen (secondary N) is 1. The predicted molar refractivity (Wildman–Crippen MR) is 116 cm³/mol. The van der Waals surface area contributed by atoms with Crippen molar-refractivity contribution in [2.75, 3.05) is 33.4 Å². The van der Waals surface area contributed by atoms with E-state index < -0.39 is 0 Å². The fourth-order valence-electron chi connectivity index (χ4n) is 3.77. The van der Waals surface area contributed by atoms with Gasteiger partial charge in [0.05, 0.1) is 10.7 Å². The number of nitrogens with zero attached hydrogens (tertiary/aromatic N) is 3. The zero-order valence-corrected chi connectivity index (χ0v) is 18.1. The molecule has 1 atom stereocenters. The van der Waals surface area contributed by atoms with E-state index in [-0.39, 0.29) is 5.41 Å². The third-order valence-electron chi connectivity index (χ3n) is 5.35. The first-order valence-corrected chi connectivity index (χ1v) is 10.9. The maximum Gasteiger partial charge on any atom is 0.156 e. The Morgan fingerprint density at radius 3 is 2.89 bits per heavy atom. The molecule has 2 aliphatic rings. The molecule has 2 aliphatic heterocycles. The largest absolute Gasteiger partial charge is 0.385 e. The molecule has 150 valence electrons. The van der Waals surface area contributed by atoms with Crippen LogP contribution in [0.5, 0.6) is 0 Å². The van der Waals surface area contributed by atoms with Crippen molar-refractivity contribution in [3.63, 3.8) is 0 Å². The maximum atomic E-state index is 5.29. The van der Waals surface area contributed by atoms with Gasteiger partial charge < -0.3 is 15.0 Å². The minimum atomic E-state index is 0.0476. The number of piperazine rings is 1. The second-order valence-corrected chi connectivity index (χ2v) is 9.74. The Balaban J connectivity index is 1.74. The van der Waals surface area contributed by atoms with E-state index in [0.717, 1.165) is 56.3 Å². The lowest BCUT2D eigenvalue weighted by Gasteiger charge is -2.35. The predicted octanol–water partition coefficient (Wildman–Crippen LogP) is 3.73. The number of aliphatic imine (C=N–C) groups is 1. The number of hydrogen-bond donors (Lipinski definition) is 1. The fraction of sp³-hybridized carbons (Fsp3) is 0.545. The number of hydrogen-bond acceptors (Lipinski definition) is 6. The molecule has 1 aromatic carbocycles. The van der Waals surface area contributed by atoms with E-state index in [4.69, 9.17) is 14.7 Å². The van der Waals surface area contributed by atoms with Gasteiger partial charge in [0.2, 0.25) is 0 Å². The van der Waals surface area contributed by atoms with Crippen molar-refractivity contribution in [2.45, 2.75) is 45.1 Å². The summed E-state index contributed by atoms with van der Waals surface area (Å²) in [6, 6.07) is 8.92. The first-order valence-electron chi connectivity index (χ1n) is 10.1. The second-order valence-electron chi connectivity index (χ2n) is 8.66. The zero-order chi connectivity index (χ0) is 19.7. The smallest absolute Gasteiger partial charge is 0.156 e. The lowest BCUT2D eigenvalue weighted by Crippen LogP contribution is -2.53. The summed E-state index contributed by atoms with van der Waals surface area (Å²) in [4.78, 5) is 14.0. The standard InChI is InChI=1S/C22H30N4OS/c1-22(2,3)21-25-19-18(28-21)13-15-7-5-6-8-17(15)24-20(19)26-11-10-23-16(14-26)9-12-27-4/h5-8,16,23H,9-14H2,1-4H3/t16-/m0/s1. The van der Waals surface area contributed by atoms with Gasteiger partial charge in [-0.15, -0.1) is 11.3 Å². The van der Waals surface area contributed by atoms with E-state index >= 15 is 0 Å².